The van der Waals surface area contributed by atoms with E-state index in [9.17, 15) is 13.6 Å². The Morgan fingerprint density at radius 2 is 2.23 bits per heavy atom. The van der Waals surface area contributed by atoms with Gasteiger partial charge in [0.1, 0.15) is 0 Å². The summed E-state index contributed by atoms with van der Waals surface area (Å²) in [7, 11) is 0. The molecule has 0 saturated heterocycles. The molecule has 72 valence electrons. The fourth-order valence-electron chi connectivity index (χ4n) is 0.930. The average molecular weight is 319 g/mol. The lowest BCUT2D eigenvalue weighted by atomic mass is 10.2. The standard InChI is InChI=1S/C7H5ClF2INO/c8-2-4-6(7(9)10)3(11)1-5(13)12-4/h1,7H,2H2,(H,12,13). The Labute approximate surface area is 91.4 Å². The van der Waals surface area contributed by atoms with Crippen molar-refractivity contribution in [2.75, 3.05) is 0 Å². The van der Waals surface area contributed by atoms with E-state index in [2.05, 4.69) is 4.98 Å². The molecule has 0 atom stereocenters. The van der Waals surface area contributed by atoms with Crippen molar-refractivity contribution in [3.05, 3.63) is 31.2 Å². The Hall–Kier alpha value is -0.170. The van der Waals surface area contributed by atoms with Gasteiger partial charge in [-0.1, -0.05) is 0 Å². The first-order valence-corrected chi connectivity index (χ1v) is 4.93. The van der Waals surface area contributed by atoms with Crippen LogP contribution in [0.3, 0.4) is 0 Å². The predicted molar refractivity (Wildman–Crippen MR) is 54.3 cm³/mol. The molecule has 1 rings (SSSR count). The molecule has 0 aliphatic heterocycles. The summed E-state index contributed by atoms with van der Waals surface area (Å²) in [6.45, 7) is 0. The van der Waals surface area contributed by atoms with Crippen LogP contribution in [0.25, 0.3) is 0 Å². The average Bonchev–Trinajstić information content (AvgIpc) is 2.01. The molecule has 0 aliphatic rings. The van der Waals surface area contributed by atoms with Crippen molar-refractivity contribution in [1.29, 1.82) is 0 Å². The summed E-state index contributed by atoms with van der Waals surface area (Å²) in [6.07, 6.45) is -2.61. The molecule has 1 aromatic rings. The number of pyridine rings is 1. The highest BCUT2D eigenvalue weighted by Crippen LogP contribution is 2.26. The number of hydrogen-bond acceptors (Lipinski definition) is 1. The van der Waals surface area contributed by atoms with Gasteiger partial charge in [-0.3, -0.25) is 4.79 Å². The van der Waals surface area contributed by atoms with Crippen molar-refractivity contribution in [3.63, 3.8) is 0 Å². The minimum Gasteiger partial charge on any atom is -0.324 e. The van der Waals surface area contributed by atoms with E-state index in [-0.39, 0.29) is 20.7 Å². The second-order valence-corrected chi connectivity index (χ2v) is 3.74. The summed E-state index contributed by atoms with van der Waals surface area (Å²) in [6, 6.07) is 1.12. The zero-order chi connectivity index (χ0) is 10.0. The molecule has 2 nitrogen and oxygen atoms in total. The van der Waals surface area contributed by atoms with Crippen LogP contribution in [0.1, 0.15) is 17.7 Å². The second kappa shape index (κ2) is 4.36. The number of aromatic nitrogens is 1. The maximum atomic E-state index is 12.4. The minimum atomic E-state index is -2.61. The molecule has 0 radical (unpaired) electrons. The Morgan fingerprint density at radius 3 is 2.69 bits per heavy atom. The highest BCUT2D eigenvalue weighted by Gasteiger charge is 2.17. The molecule has 0 spiro atoms. The molecule has 13 heavy (non-hydrogen) atoms. The number of aromatic amines is 1. The van der Waals surface area contributed by atoms with Gasteiger partial charge in [0.2, 0.25) is 5.56 Å². The van der Waals surface area contributed by atoms with E-state index in [4.69, 9.17) is 11.6 Å². The first kappa shape index (κ1) is 10.9. The summed E-state index contributed by atoms with van der Waals surface area (Å²) in [5, 5.41) is 0. The molecule has 1 aromatic heterocycles. The van der Waals surface area contributed by atoms with E-state index in [0.717, 1.165) is 6.07 Å². The lowest BCUT2D eigenvalue weighted by Gasteiger charge is -2.07. The van der Waals surface area contributed by atoms with Crippen LogP contribution in [0.4, 0.5) is 8.78 Å². The third-order valence-electron chi connectivity index (χ3n) is 1.47. The highest BCUT2D eigenvalue weighted by atomic mass is 127. The van der Waals surface area contributed by atoms with Gasteiger partial charge in [0.15, 0.2) is 0 Å². The van der Waals surface area contributed by atoms with Crippen molar-refractivity contribution < 1.29 is 8.78 Å². The van der Waals surface area contributed by atoms with Gasteiger partial charge in [-0.05, 0) is 22.6 Å². The number of hydrogen-bond donors (Lipinski definition) is 1. The molecule has 0 bridgehead atoms. The van der Waals surface area contributed by atoms with Gasteiger partial charge in [0.25, 0.3) is 6.43 Å². The van der Waals surface area contributed by atoms with Crippen LogP contribution in [-0.4, -0.2) is 4.98 Å². The molecule has 1 heterocycles. The van der Waals surface area contributed by atoms with E-state index in [1.165, 1.54) is 0 Å². The molecule has 0 fully saturated rings. The predicted octanol–water partition coefficient (Wildman–Crippen LogP) is 2.66. The van der Waals surface area contributed by atoms with Crippen LogP contribution >= 0.6 is 34.2 Å². The molecule has 0 aliphatic carbocycles. The summed E-state index contributed by atoms with van der Waals surface area (Å²) >= 11 is 7.10. The van der Waals surface area contributed by atoms with E-state index in [0.29, 0.717) is 0 Å². The van der Waals surface area contributed by atoms with E-state index in [1.807, 2.05) is 0 Å². The number of rotatable bonds is 2. The Kier molecular flexibility index (Phi) is 3.66. The monoisotopic (exact) mass is 319 g/mol. The molecule has 0 saturated carbocycles. The van der Waals surface area contributed by atoms with Crippen LogP contribution in [0.15, 0.2) is 10.9 Å². The fraction of sp³-hybridized carbons (Fsp3) is 0.286. The smallest absolute Gasteiger partial charge is 0.266 e. The van der Waals surface area contributed by atoms with Crippen LogP contribution in [0.5, 0.6) is 0 Å². The van der Waals surface area contributed by atoms with E-state index in [1.54, 1.807) is 22.6 Å². The van der Waals surface area contributed by atoms with Crippen LogP contribution in [-0.2, 0) is 5.88 Å². The summed E-state index contributed by atoms with van der Waals surface area (Å²) in [5.74, 6) is -0.119. The first-order valence-electron chi connectivity index (χ1n) is 3.32. The molecular weight excluding hydrogens is 314 g/mol. The van der Waals surface area contributed by atoms with Crippen molar-refractivity contribution in [1.82, 2.24) is 4.98 Å². The topological polar surface area (TPSA) is 32.9 Å². The minimum absolute atomic E-state index is 0.0913. The summed E-state index contributed by atoms with van der Waals surface area (Å²) in [4.78, 5) is 13.2. The third-order valence-corrected chi connectivity index (χ3v) is 2.63. The molecule has 6 heteroatoms. The Balaban J connectivity index is 3.38. The van der Waals surface area contributed by atoms with Crippen LogP contribution in [0, 0.1) is 3.57 Å². The Morgan fingerprint density at radius 1 is 1.62 bits per heavy atom. The van der Waals surface area contributed by atoms with Crippen molar-refractivity contribution >= 4 is 34.2 Å². The molecule has 0 aromatic carbocycles. The van der Waals surface area contributed by atoms with Gasteiger partial charge >= 0.3 is 0 Å². The molecule has 0 unspecified atom stereocenters. The van der Waals surface area contributed by atoms with Crippen molar-refractivity contribution in [2.24, 2.45) is 0 Å². The zero-order valence-electron chi connectivity index (χ0n) is 6.28. The quantitative estimate of drug-likeness (QED) is 0.660. The van der Waals surface area contributed by atoms with Gasteiger partial charge in [0.05, 0.1) is 11.4 Å². The number of alkyl halides is 3. The molecule has 0 amide bonds. The van der Waals surface area contributed by atoms with E-state index < -0.39 is 12.0 Å². The van der Waals surface area contributed by atoms with Gasteiger partial charge < -0.3 is 4.98 Å². The highest BCUT2D eigenvalue weighted by molar-refractivity contribution is 14.1. The second-order valence-electron chi connectivity index (χ2n) is 2.31. The summed E-state index contributed by atoms with van der Waals surface area (Å²) < 4.78 is 25.1. The van der Waals surface area contributed by atoms with Gasteiger partial charge in [-0.2, -0.15) is 0 Å². The maximum Gasteiger partial charge on any atom is 0.266 e. The van der Waals surface area contributed by atoms with Crippen LogP contribution in [0.2, 0.25) is 0 Å². The number of nitrogens with one attached hydrogen (secondary N) is 1. The Bertz CT molecular complexity index is 366. The first-order chi connectivity index (χ1) is 6.06. The third kappa shape index (κ3) is 2.40. The molecule has 1 N–H and O–H groups in total. The molecular formula is C7H5ClF2INO. The van der Waals surface area contributed by atoms with Crippen molar-refractivity contribution in [2.45, 2.75) is 12.3 Å². The normalized spacial score (nSPS) is 10.8. The van der Waals surface area contributed by atoms with E-state index >= 15 is 0 Å². The number of H-pyrrole nitrogens is 1. The number of halogens is 4. The maximum absolute atomic E-state index is 12.4. The SMILES string of the molecule is O=c1cc(I)c(C(F)F)c(CCl)[nH]1. The van der Waals surface area contributed by atoms with Gasteiger partial charge in [-0.25, -0.2) is 8.78 Å². The lowest BCUT2D eigenvalue weighted by Crippen LogP contribution is -2.12. The van der Waals surface area contributed by atoms with Crippen LogP contribution < -0.4 is 5.56 Å². The van der Waals surface area contributed by atoms with Gasteiger partial charge in [-0.15, -0.1) is 11.6 Å². The fourth-order valence-corrected chi connectivity index (χ4v) is 1.99. The van der Waals surface area contributed by atoms with Gasteiger partial charge in [0, 0.05) is 15.3 Å². The summed E-state index contributed by atoms with van der Waals surface area (Å²) in [5.41, 5.74) is -0.506. The zero-order valence-corrected chi connectivity index (χ0v) is 9.20. The van der Waals surface area contributed by atoms with Crippen molar-refractivity contribution in [3.8, 4) is 0 Å². The lowest BCUT2D eigenvalue weighted by molar-refractivity contribution is 0.149. The largest absolute Gasteiger partial charge is 0.324 e.